The number of anilines is 2. The summed E-state index contributed by atoms with van der Waals surface area (Å²) in [6.45, 7) is 10.8. The SMILES string of the molecule is Cc1ccc2c(Oc3ncccc3-c3ccnc(NC4CCCN(C(=O)OC(C)(C)C)C4)n3)c(C)ccc2c1N. The van der Waals surface area contributed by atoms with Gasteiger partial charge in [0.2, 0.25) is 11.8 Å². The van der Waals surface area contributed by atoms with Gasteiger partial charge in [0.25, 0.3) is 0 Å². The monoisotopic (exact) mass is 540 g/mol. The summed E-state index contributed by atoms with van der Waals surface area (Å²) in [6, 6.07) is 13.7. The minimum absolute atomic E-state index is 0.00776. The molecule has 1 saturated heterocycles. The predicted octanol–water partition coefficient (Wildman–Crippen LogP) is 6.49. The number of likely N-dealkylation sites (tertiary alicyclic amines) is 1. The number of rotatable bonds is 5. The zero-order valence-corrected chi connectivity index (χ0v) is 23.7. The summed E-state index contributed by atoms with van der Waals surface area (Å²) >= 11 is 0. The molecule has 9 nitrogen and oxygen atoms in total. The van der Waals surface area contributed by atoms with Crippen molar-refractivity contribution in [1.82, 2.24) is 19.9 Å². The summed E-state index contributed by atoms with van der Waals surface area (Å²) in [7, 11) is 0. The third kappa shape index (κ3) is 5.93. The number of hydrogen-bond acceptors (Lipinski definition) is 8. The lowest BCUT2D eigenvalue weighted by Gasteiger charge is -2.34. The fourth-order valence-electron chi connectivity index (χ4n) is 4.87. The summed E-state index contributed by atoms with van der Waals surface area (Å²) in [5, 5.41) is 5.28. The van der Waals surface area contributed by atoms with E-state index in [0.29, 0.717) is 36.4 Å². The number of nitrogens with zero attached hydrogens (tertiary/aromatic N) is 4. The second-order valence-corrected chi connectivity index (χ2v) is 11.2. The van der Waals surface area contributed by atoms with Crippen molar-refractivity contribution in [3.05, 3.63) is 66.0 Å². The lowest BCUT2D eigenvalue weighted by Crippen LogP contribution is -2.47. The van der Waals surface area contributed by atoms with E-state index in [1.165, 1.54) is 0 Å². The molecule has 1 amide bonds. The minimum atomic E-state index is -0.533. The molecule has 1 aliphatic heterocycles. The maximum Gasteiger partial charge on any atom is 0.410 e. The molecule has 2 aromatic carbocycles. The van der Waals surface area contributed by atoms with Gasteiger partial charge in [0.15, 0.2) is 0 Å². The first kappa shape index (κ1) is 27.2. The van der Waals surface area contributed by atoms with Gasteiger partial charge in [-0.1, -0.05) is 24.3 Å². The molecule has 1 atom stereocenters. The smallest absolute Gasteiger partial charge is 0.410 e. The zero-order chi connectivity index (χ0) is 28.4. The third-order valence-electron chi connectivity index (χ3n) is 6.92. The Morgan fingerprint density at radius 3 is 2.60 bits per heavy atom. The van der Waals surface area contributed by atoms with E-state index in [1.807, 2.05) is 77.1 Å². The van der Waals surface area contributed by atoms with Crippen molar-refractivity contribution < 1.29 is 14.3 Å². The van der Waals surface area contributed by atoms with Crippen molar-refractivity contribution in [3.8, 4) is 22.9 Å². The number of carbonyl (C=O) groups excluding carboxylic acids is 1. The van der Waals surface area contributed by atoms with E-state index in [1.54, 1.807) is 17.3 Å². The van der Waals surface area contributed by atoms with Gasteiger partial charge in [-0.15, -0.1) is 0 Å². The van der Waals surface area contributed by atoms with Gasteiger partial charge in [-0.05, 0) is 76.8 Å². The number of carbonyl (C=O) groups is 1. The lowest BCUT2D eigenvalue weighted by molar-refractivity contribution is 0.0206. The van der Waals surface area contributed by atoms with Crippen molar-refractivity contribution >= 4 is 28.5 Å². The molecule has 9 heteroatoms. The van der Waals surface area contributed by atoms with E-state index in [9.17, 15) is 4.79 Å². The Morgan fingerprint density at radius 1 is 1.02 bits per heavy atom. The minimum Gasteiger partial charge on any atom is -0.444 e. The number of amides is 1. The third-order valence-corrected chi connectivity index (χ3v) is 6.92. The first-order valence-corrected chi connectivity index (χ1v) is 13.6. The average Bonchev–Trinajstić information content (AvgIpc) is 2.92. The van der Waals surface area contributed by atoms with Gasteiger partial charge in [-0.2, -0.15) is 0 Å². The lowest BCUT2D eigenvalue weighted by atomic mass is 10.0. The van der Waals surface area contributed by atoms with Crippen LogP contribution in [-0.2, 0) is 4.74 Å². The van der Waals surface area contributed by atoms with Crippen LogP contribution in [0.1, 0.15) is 44.7 Å². The molecular formula is C31H36N6O3. The van der Waals surface area contributed by atoms with Gasteiger partial charge in [-0.25, -0.2) is 19.7 Å². The molecule has 0 saturated carbocycles. The van der Waals surface area contributed by atoms with Gasteiger partial charge >= 0.3 is 6.09 Å². The van der Waals surface area contributed by atoms with Gasteiger partial charge < -0.3 is 25.4 Å². The van der Waals surface area contributed by atoms with Crippen molar-refractivity contribution in [3.63, 3.8) is 0 Å². The maximum atomic E-state index is 12.6. The van der Waals surface area contributed by atoms with E-state index >= 15 is 0 Å². The number of nitrogens with two attached hydrogens (primary N) is 1. The van der Waals surface area contributed by atoms with Gasteiger partial charge in [0, 0.05) is 48.0 Å². The number of aromatic nitrogens is 3. The quantitative estimate of drug-likeness (QED) is 0.276. The molecule has 3 heterocycles. The van der Waals surface area contributed by atoms with Crippen LogP contribution in [0.2, 0.25) is 0 Å². The normalized spacial score (nSPS) is 15.6. The Balaban J connectivity index is 1.39. The number of pyridine rings is 1. The average molecular weight is 541 g/mol. The summed E-state index contributed by atoms with van der Waals surface area (Å²) in [5.74, 6) is 1.63. The van der Waals surface area contributed by atoms with Crippen molar-refractivity contribution in [1.29, 1.82) is 0 Å². The van der Waals surface area contributed by atoms with Crippen LogP contribution in [0.3, 0.4) is 0 Å². The number of hydrogen-bond donors (Lipinski definition) is 2. The summed E-state index contributed by atoms with van der Waals surface area (Å²) in [5.41, 5.74) is 9.99. The molecule has 0 radical (unpaired) electrons. The molecule has 208 valence electrons. The van der Waals surface area contributed by atoms with E-state index in [2.05, 4.69) is 15.3 Å². The van der Waals surface area contributed by atoms with E-state index in [0.717, 1.165) is 46.0 Å². The molecule has 2 aromatic heterocycles. The van der Waals surface area contributed by atoms with Crippen LogP contribution >= 0.6 is 0 Å². The number of aryl methyl sites for hydroxylation is 2. The van der Waals surface area contributed by atoms with Crippen molar-refractivity contribution in [2.75, 3.05) is 24.1 Å². The van der Waals surface area contributed by atoms with Crippen LogP contribution in [0, 0.1) is 13.8 Å². The second kappa shape index (κ2) is 11.0. The zero-order valence-electron chi connectivity index (χ0n) is 23.7. The number of nitrogens with one attached hydrogen (secondary N) is 1. The molecule has 0 spiro atoms. The fraction of sp³-hybridized carbons (Fsp3) is 0.355. The second-order valence-electron chi connectivity index (χ2n) is 11.2. The summed E-state index contributed by atoms with van der Waals surface area (Å²) < 4.78 is 12.0. The first-order chi connectivity index (χ1) is 19.1. The topological polar surface area (TPSA) is 115 Å². The molecule has 3 N–H and O–H groups in total. The van der Waals surface area contributed by atoms with E-state index in [4.69, 9.17) is 20.2 Å². The largest absolute Gasteiger partial charge is 0.444 e. The number of fused-ring (bicyclic) bond motifs is 1. The number of ether oxygens (including phenoxy) is 2. The van der Waals surface area contributed by atoms with Gasteiger partial charge in [0.1, 0.15) is 11.4 Å². The van der Waals surface area contributed by atoms with Gasteiger partial charge in [0.05, 0.1) is 11.3 Å². The van der Waals surface area contributed by atoms with Crippen LogP contribution in [0.15, 0.2) is 54.9 Å². The molecule has 1 aliphatic rings. The maximum absolute atomic E-state index is 12.6. The standard InChI is InChI=1S/C31H36N6O3/c1-19-10-13-23-22(26(19)32)12-11-20(2)27(23)39-28-24(9-6-15-33-28)25-14-16-34-29(36-25)35-21-8-7-17-37(18-21)30(38)40-31(3,4)5/h6,9-16,21H,7-8,17-18,32H2,1-5H3,(H,34,35,36). The summed E-state index contributed by atoms with van der Waals surface area (Å²) in [6.07, 6.45) is 4.88. The van der Waals surface area contributed by atoms with Crippen LogP contribution in [0.5, 0.6) is 11.6 Å². The van der Waals surface area contributed by atoms with Crippen molar-refractivity contribution in [2.45, 2.75) is 59.1 Å². The highest BCUT2D eigenvalue weighted by Gasteiger charge is 2.28. The highest BCUT2D eigenvalue weighted by atomic mass is 16.6. The predicted molar refractivity (Wildman–Crippen MR) is 158 cm³/mol. The molecule has 40 heavy (non-hydrogen) atoms. The molecule has 0 aliphatic carbocycles. The molecule has 0 bridgehead atoms. The van der Waals surface area contributed by atoms with Gasteiger partial charge in [-0.3, -0.25) is 0 Å². The highest BCUT2D eigenvalue weighted by Crippen LogP contribution is 2.38. The van der Waals surface area contributed by atoms with Crippen LogP contribution in [-0.4, -0.2) is 50.7 Å². The molecule has 5 rings (SSSR count). The summed E-state index contributed by atoms with van der Waals surface area (Å²) in [4.78, 5) is 28.1. The van der Waals surface area contributed by atoms with E-state index in [-0.39, 0.29) is 12.1 Å². The first-order valence-electron chi connectivity index (χ1n) is 13.6. The van der Waals surface area contributed by atoms with Crippen LogP contribution < -0.4 is 15.8 Å². The van der Waals surface area contributed by atoms with Crippen LogP contribution in [0.25, 0.3) is 22.0 Å². The Labute approximate surface area is 234 Å². The molecule has 1 fully saturated rings. The molecule has 4 aromatic rings. The van der Waals surface area contributed by atoms with Crippen molar-refractivity contribution in [2.24, 2.45) is 0 Å². The Hall–Kier alpha value is -4.40. The number of nitrogen functional groups attached to an aromatic ring is 1. The highest BCUT2D eigenvalue weighted by molar-refractivity contribution is 5.99. The Morgan fingerprint density at radius 2 is 1.80 bits per heavy atom. The molecule has 1 unspecified atom stereocenters. The molecular weight excluding hydrogens is 504 g/mol. The van der Waals surface area contributed by atoms with E-state index < -0.39 is 5.60 Å². The fourth-order valence-corrected chi connectivity index (χ4v) is 4.87. The number of benzene rings is 2. The number of piperidine rings is 1. The van der Waals surface area contributed by atoms with Crippen LogP contribution in [0.4, 0.5) is 16.4 Å². The Bertz CT molecular complexity index is 1550. The Kier molecular flexibility index (Phi) is 7.47.